The Labute approximate surface area is 162 Å². The first-order valence-electron chi connectivity index (χ1n) is 7.76. The van der Waals surface area contributed by atoms with E-state index in [0.29, 0.717) is 38.6 Å². The van der Waals surface area contributed by atoms with Gasteiger partial charge in [0, 0.05) is 21.7 Å². The lowest BCUT2D eigenvalue weighted by Gasteiger charge is -2.05. The molecule has 9 heteroatoms. The molecule has 140 valence electrons. The Kier molecular flexibility index (Phi) is 6.10. The zero-order valence-electron chi connectivity index (χ0n) is 13.8. The van der Waals surface area contributed by atoms with E-state index >= 15 is 0 Å². The van der Waals surface area contributed by atoms with Crippen molar-refractivity contribution in [1.29, 1.82) is 0 Å². The van der Waals surface area contributed by atoms with E-state index in [9.17, 15) is 13.6 Å². The Morgan fingerprint density at radius 2 is 2.00 bits per heavy atom. The van der Waals surface area contributed by atoms with E-state index < -0.39 is 18.0 Å². The van der Waals surface area contributed by atoms with Crippen LogP contribution in [0, 0.1) is 0 Å². The number of hydrogen-bond donors (Lipinski definition) is 2. The highest BCUT2D eigenvalue weighted by Crippen LogP contribution is 2.29. The summed E-state index contributed by atoms with van der Waals surface area (Å²) in [6.45, 7) is -0.480. The Morgan fingerprint density at radius 3 is 2.67 bits per heavy atom. The third kappa shape index (κ3) is 4.47. The van der Waals surface area contributed by atoms with Gasteiger partial charge >= 0.3 is 0 Å². The Balaban J connectivity index is 2.14. The molecule has 0 aliphatic carbocycles. The van der Waals surface area contributed by atoms with Crippen molar-refractivity contribution in [3.63, 3.8) is 0 Å². The molecule has 0 spiro atoms. The van der Waals surface area contributed by atoms with Crippen LogP contribution in [-0.2, 0) is 0 Å². The summed E-state index contributed by atoms with van der Waals surface area (Å²) in [7, 11) is 0. The van der Waals surface area contributed by atoms with Crippen molar-refractivity contribution in [2.75, 3.05) is 6.73 Å². The molecule has 0 atom stereocenters. The predicted octanol–water partition coefficient (Wildman–Crippen LogP) is 4.17. The first-order valence-corrected chi connectivity index (χ1v) is 9.02. The van der Waals surface area contributed by atoms with E-state index in [4.69, 9.17) is 16.7 Å². The summed E-state index contributed by atoms with van der Waals surface area (Å²) in [6, 6.07) is 13.1. The zero-order chi connectivity index (χ0) is 19.4. The molecule has 3 rings (SSSR count). The summed E-state index contributed by atoms with van der Waals surface area (Å²) >= 11 is 6.31. The largest absolute Gasteiger partial charge is 0.375 e. The van der Waals surface area contributed by atoms with Crippen LogP contribution >= 0.6 is 23.4 Å². The minimum absolute atomic E-state index is 0.207. The molecule has 3 aromatic rings. The molecule has 0 aliphatic heterocycles. The molecule has 1 heterocycles. The molecule has 0 bridgehead atoms. The number of aromatic nitrogens is 2. The number of aliphatic hydroxyl groups excluding tert-OH is 1. The van der Waals surface area contributed by atoms with Crippen molar-refractivity contribution in [2.45, 2.75) is 10.7 Å². The van der Waals surface area contributed by atoms with Crippen LogP contribution in [-0.4, -0.2) is 33.6 Å². The molecule has 0 amide bonds. The average Bonchev–Trinajstić information content (AvgIpc) is 2.97. The predicted molar refractivity (Wildman–Crippen MR) is 103 cm³/mol. The third-order valence-electron chi connectivity index (χ3n) is 3.66. The van der Waals surface area contributed by atoms with Gasteiger partial charge in [-0.15, -0.1) is 0 Å². The van der Waals surface area contributed by atoms with Crippen LogP contribution in [0.3, 0.4) is 0 Å². The van der Waals surface area contributed by atoms with Gasteiger partial charge in [-0.05, 0) is 36.4 Å². The molecule has 0 fully saturated rings. The van der Waals surface area contributed by atoms with Crippen LogP contribution in [0.15, 0.2) is 63.2 Å². The fraction of sp³-hybridized carbons (Fsp3) is 0.111. The molecule has 1 aromatic heterocycles. The average molecular weight is 410 g/mol. The third-order valence-corrected chi connectivity index (χ3v) is 4.62. The van der Waals surface area contributed by atoms with Gasteiger partial charge < -0.3 is 5.11 Å². The van der Waals surface area contributed by atoms with E-state index in [1.54, 1.807) is 48.5 Å². The zero-order valence-corrected chi connectivity index (χ0v) is 15.3. The Morgan fingerprint density at radius 1 is 1.26 bits per heavy atom. The summed E-state index contributed by atoms with van der Waals surface area (Å²) in [5.41, 5.74) is 1.32. The summed E-state index contributed by atoms with van der Waals surface area (Å²) in [5.74, 6) is -2.55. The molecule has 2 N–H and O–H groups in total. The molecule has 2 aromatic carbocycles. The lowest BCUT2D eigenvalue weighted by atomic mass is 10.1. The molecule has 0 unspecified atom stereocenters. The number of hydrogen-bond acceptors (Lipinski definition) is 4. The molecular formula is C18H14ClF2N3O2S. The van der Waals surface area contributed by atoms with Gasteiger partial charge in [0.2, 0.25) is 0 Å². The standard InChI is InChI=1S/C18H14ClF2N3O2S/c19-12-4-6-13(7-5-12)24-17(26)15(9-22-10-25)16(23-24)11-2-1-3-14(8-11)27-18(20)21/h1-9,18,23,25H,10H2. The van der Waals surface area contributed by atoms with E-state index in [0.717, 1.165) is 0 Å². The number of aliphatic hydroxyl groups is 1. The molecule has 5 nitrogen and oxygen atoms in total. The van der Waals surface area contributed by atoms with Crippen LogP contribution in [0.2, 0.25) is 5.02 Å². The normalized spacial score (nSPS) is 11.6. The van der Waals surface area contributed by atoms with Crippen molar-refractivity contribution >= 4 is 29.6 Å². The first kappa shape index (κ1) is 19.3. The fourth-order valence-corrected chi connectivity index (χ4v) is 3.21. The quantitative estimate of drug-likeness (QED) is 0.474. The summed E-state index contributed by atoms with van der Waals surface area (Å²) in [6.07, 6.45) is 1.26. The van der Waals surface area contributed by atoms with E-state index in [1.165, 1.54) is 10.9 Å². The second kappa shape index (κ2) is 8.51. The molecule has 0 aliphatic rings. The number of nitrogens with zero attached hydrogens (tertiary/aromatic N) is 2. The number of alkyl halides is 2. The topological polar surface area (TPSA) is 70.4 Å². The highest BCUT2D eigenvalue weighted by molar-refractivity contribution is 7.99. The molecular weight excluding hydrogens is 396 g/mol. The number of benzene rings is 2. The number of thioether (sulfide) groups is 1. The SMILES string of the molecule is O=c1c(C=NCO)c(-c2cccc(SC(F)F)c2)[nH]n1-c1ccc(Cl)cc1. The van der Waals surface area contributed by atoms with Crippen LogP contribution in [0.5, 0.6) is 0 Å². The molecule has 0 saturated heterocycles. The van der Waals surface area contributed by atoms with Gasteiger partial charge in [-0.3, -0.25) is 14.9 Å². The number of aliphatic imine (C=N–C) groups is 1. The first-order chi connectivity index (χ1) is 13.0. The molecule has 0 saturated carbocycles. The van der Waals surface area contributed by atoms with E-state index in [2.05, 4.69) is 10.1 Å². The van der Waals surface area contributed by atoms with Crippen molar-refractivity contribution in [3.05, 3.63) is 69.5 Å². The lowest BCUT2D eigenvalue weighted by Crippen LogP contribution is -2.17. The van der Waals surface area contributed by atoms with Crippen molar-refractivity contribution in [2.24, 2.45) is 4.99 Å². The highest BCUT2D eigenvalue weighted by atomic mass is 35.5. The second-order valence-electron chi connectivity index (χ2n) is 5.38. The van der Waals surface area contributed by atoms with E-state index in [-0.39, 0.29) is 5.56 Å². The van der Waals surface area contributed by atoms with Crippen molar-refractivity contribution in [3.8, 4) is 16.9 Å². The van der Waals surface area contributed by atoms with Gasteiger partial charge in [-0.2, -0.15) is 8.78 Å². The minimum atomic E-state index is -2.55. The van der Waals surface area contributed by atoms with Crippen molar-refractivity contribution in [1.82, 2.24) is 9.78 Å². The lowest BCUT2D eigenvalue weighted by molar-refractivity contribution is 0.252. The minimum Gasteiger partial charge on any atom is -0.375 e. The van der Waals surface area contributed by atoms with Gasteiger partial charge in [0.25, 0.3) is 11.3 Å². The molecule has 27 heavy (non-hydrogen) atoms. The summed E-state index contributed by atoms with van der Waals surface area (Å²) < 4.78 is 26.6. The number of rotatable bonds is 6. The summed E-state index contributed by atoms with van der Waals surface area (Å²) in [4.78, 5) is 16.9. The van der Waals surface area contributed by atoms with Gasteiger partial charge in [0.05, 0.1) is 16.9 Å². The number of nitrogens with one attached hydrogen (secondary N) is 1. The highest BCUT2D eigenvalue weighted by Gasteiger charge is 2.16. The van der Waals surface area contributed by atoms with Gasteiger partial charge in [0.15, 0.2) is 0 Å². The molecule has 0 radical (unpaired) electrons. The van der Waals surface area contributed by atoms with Gasteiger partial charge in [-0.25, -0.2) is 4.68 Å². The van der Waals surface area contributed by atoms with Crippen LogP contribution in [0.25, 0.3) is 16.9 Å². The smallest absolute Gasteiger partial charge is 0.288 e. The van der Waals surface area contributed by atoms with Crippen LogP contribution in [0.1, 0.15) is 5.56 Å². The summed E-state index contributed by atoms with van der Waals surface area (Å²) in [5, 5.41) is 12.5. The van der Waals surface area contributed by atoms with E-state index in [1.807, 2.05) is 0 Å². The number of aromatic amines is 1. The van der Waals surface area contributed by atoms with Crippen LogP contribution in [0.4, 0.5) is 8.78 Å². The monoisotopic (exact) mass is 409 g/mol. The Bertz CT molecular complexity index is 1020. The fourth-order valence-electron chi connectivity index (χ4n) is 2.52. The van der Waals surface area contributed by atoms with Crippen molar-refractivity contribution < 1.29 is 13.9 Å². The maximum Gasteiger partial charge on any atom is 0.288 e. The Hall–Kier alpha value is -2.42. The second-order valence-corrected chi connectivity index (χ2v) is 6.88. The van der Waals surface area contributed by atoms with Gasteiger partial charge in [0.1, 0.15) is 6.73 Å². The maximum absolute atomic E-state index is 12.8. The number of halogens is 3. The number of H-pyrrole nitrogens is 1. The maximum atomic E-state index is 12.8. The van der Waals surface area contributed by atoms with Gasteiger partial charge in [-0.1, -0.05) is 35.5 Å². The van der Waals surface area contributed by atoms with Crippen LogP contribution < -0.4 is 5.56 Å².